The van der Waals surface area contributed by atoms with Crippen LogP contribution in [0.3, 0.4) is 0 Å². The van der Waals surface area contributed by atoms with Crippen LogP contribution in [0.15, 0.2) is 23.1 Å². The number of nitrogens with one attached hydrogen (secondary N) is 1. The molecule has 0 aliphatic heterocycles. The van der Waals surface area contributed by atoms with Crippen molar-refractivity contribution < 1.29 is 13.2 Å². The molecule has 0 fully saturated rings. The van der Waals surface area contributed by atoms with E-state index >= 15 is 0 Å². The monoisotopic (exact) mass is 323 g/mol. The summed E-state index contributed by atoms with van der Waals surface area (Å²) in [5.74, 6) is -0.170. The molecule has 1 unspecified atom stereocenters. The molecule has 1 aromatic carbocycles. The lowest BCUT2D eigenvalue weighted by molar-refractivity contribution is 0.0930. The smallest absolute Gasteiger partial charge is 0.261 e. The highest BCUT2D eigenvalue weighted by Gasteiger charge is 2.18. The molecule has 1 atom stereocenters. The van der Waals surface area contributed by atoms with E-state index in [4.69, 9.17) is 22.3 Å². The molecule has 0 aliphatic carbocycles. The van der Waals surface area contributed by atoms with Gasteiger partial charge in [0.15, 0.2) is 0 Å². The minimum Gasteiger partial charge on any atom is -0.349 e. The van der Waals surface area contributed by atoms with Gasteiger partial charge in [0.05, 0.1) is 15.5 Å². The Balaban J connectivity index is 3.10. The van der Waals surface area contributed by atoms with Crippen molar-refractivity contribution >= 4 is 37.2 Å². The third-order valence-corrected chi connectivity index (χ3v) is 4.50. The minimum atomic E-state index is -3.89. The zero-order valence-electron chi connectivity index (χ0n) is 10.8. The van der Waals surface area contributed by atoms with Crippen molar-refractivity contribution in [3.05, 3.63) is 28.8 Å². The average molecular weight is 324 g/mol. The molecule has 106 valence electrons. The zero-order valence-corrected chi connectivity index (χ0v) is 13.1. The molecule has 1 N–H and O–H groups in total. The quantitative estimate of drug-likeness (QED) is 0.866. The summed E-state index contributed by atoms with van der Waals surface area (Å²) in [6.45, 7) is 5.79. The number of hydrogen-bond acceptors (Lipinski definition) is 3. The normalized spacial score (nSPS) is 13.4. The topological polar surface area (TPSA) is 63.2 Å². The summed E-state index contributed by atoms with van der Waals surface area (Å²) >= 11 is 5.91. The molecule has 0 heterocycles. The number of carbonyl (C=O) groups is 1. The average Bonchev–Trinajstić information content (AvgIpc) is 2.27. The first-order valence-electron chi connectivity index (χ1n) is 5.68. The van der Waals surface area contributed by atoms with Gasteiger partial charge in [-0.05, 0) is 31.0 Å². The van der Waals surface area contributed by atoms with Crippen LogP contribution in [0.1, 0.15) is 31.1 Å². The second kappa shape index (κ2) is 6.11. The van der Waals surface area contributed by atoms with E-state index in [0.29, 0.717) is 0 Å². The number of amides is 1. The summed E-state index contributed by atoms with van der Waals surface area (Å²) in [5, 5.41) is 2.93. The van der Waals surface area contributed by atoms with Crippen molar-refractivity contribution in [3.63, 3.8) is 0 Å². The SMILES string of the molecule is CC(C)C(C)NC(=O)c1cc(S(=O)(=O)Cl)ccc1Cl. The maximum Gasteiger partial charge on any atom is 0.261 e. The molecule has 0 aromatic heterocycles. The van der Waals surface area contributed by atoms with Gasteiger partial charge in [-0.25, -0.2) is 8.42 Å². The molecule has 1 aromatic rings. The van der Waals surface area contributed by atoms with Crippen LogP contribution in [0, 0.1) is 5.92 Å². The van der Waals surface area contributed by atoms with Gasteiger partial charge in [-0.15, -0.1) is 0 Å². The number of halogens is 2. The lowest BCUT2D eigenvalue weighted by Gasteiger charge is -2.18. The molecule has 0 radical (unpaired) electrons. The predicted molar refractivity (Wildman–Crippen MR) is 76.3 cm³/mol. The van der Waals surface area contributed by atoms with Crippen LogP contribution in [0.4, 0.5) is 0 Å². The van der Waals surface area contributed by atoms with Gasteiger partial charge in [-0.1, -0.05) is 25.4 Å². The van der Waals surface area contributed by atoms with E-state index in [9.17, 15) is 13.2 Å². The van der Waals surface area contributed by atoms with E-state index in [1.807, 2.05) is 20.8 Å². The van der Waals surface area contributed by atoms with E-state index in [-0.39, 0.29) is 27.4 Å². The lowest BCUT2D eigenvalue weighted by Crippen LogP contribution is -2.36. The second-order valence-corrected chi connectivity index (χ2v) is 7.56. The molecule has 0 spiro atoms. The fourth-order valence-electron chi connectivity index (χ4n) is 1.28. The van der Waals surface area contributed by atoms with Crippen molar-refractivity contribution in [2.45, 2.75) is 31.7 Å². The molecular formula is C12H15Cl2NO3S. The third kappa shape index (κ3) is 4.37. The molecule has 0 saturated carbocycles. The van der Waals surface area contributed by atoms with Gasteiger partial charge in [-0.2, -0.15) is 0 Å². The van der Waals surface area contributed by atoms with Gasteiger partial charge in [0.2, 0.25) is 0 Å². The summed E-state index contributed by atoms with van der Waals surface area (Å²) in [6, 6.07) is 3.71. The van der Waals surface area contributed by atoms with Crippen LogP contribution in [-0.2, 0) is 9.05 Å². The Labute approximate surface area is 122 Å². The first-order chi connectivity index (χ1) is 8.62. The van der Waals surface area contributed by atoms with Gasteiger partial charge in [0, 0.05) is 16.7 Å². The van der Waals surface area contributed by atoms with Gasteiger partial charge >= 0.3 is 0 Å². The van der Waals surface area contributed by atoms with Gasteiger partial charge in [0.1, 0.15) is 0 Å². The highest BCUT2D eigenvalue weighted by Crippen LogP contribution is 2.23. The van der Waals surface area contributed by atoms with Crippen molar-refractivity contribution in [1.82, 2.24) is 5.32 Å². The Morgan fingerprint density at radius 3 is 2.32 bits per heavy atom. The molecule has 0 bridgehead atoms. The molecule has 1 amide bonds. The predicted octanol–water partition coefficient (Wildman–Crippen LogP) is 3.04. The highest BCUT2D eigenvalue weighted by molar-refractivity contribution is 8.13. The maximum absolute atomic E-state index is 12.0. The zero-order chi connectivity index (χ0) is 14.8. The van der Waals surface area contributed by atoms with Crippen molar-refractivity contribution in [3.8, 4) is 0 Å². The summed E-state index contributed by atoms with van der Waals surface area (Å²) in [7, 11) is 1.35. The van der Waals surface area contributed by atoms with E-state index in [2.05, 4.69) is 5.32 Å². The van der Waals surface area contributed by atoms with Crippen molar-refractivity contribution in [2.24, 2.45) is 5.92 Å². The Morgan fingerprint density at radius 2 is 1.84 bits per heavy atom. The van der Waals surface area contributed by atoms with Crippen LogP contribution < -0.4 is 5.32 Å². The molecule has 19 heavy (non-hydrogen) atoms. The van der Waals surface area contributed by atoms with Crippen LogP contribution in [0.2, 0.25) is 5.02 Å². The highest BCUT2D eigenvalue weighted by atomic mass is 35.7. The fourth-order valence-corrected chi connectivity index (χ4v) is 2.26. The van der Waals surface area contributed by atoms with Gasteiger partial charge < -0.3 is 5.32 Å². The van der Waals surface area contributed by atoms with Gasteiger partial charge in [-0.3, -0.25) is 4.79 Å². The largest absolute Gasteiger partial charge is 0.349 e. The Kier molecular flexibility index (Phi) is 5.24. The second-order valence-electron chi connectivity index (χ2n) is 4.59. The standard InChI is InChI=1S/C12H15Cl2NO3S/c1-7(2)8(3)15-12(16)10-6-9(19(14,17)18)4-5-11(10)13/h4-8H,1-3H3,(H,15,16). The van der Waals surface area contributed by atoms with Crippen LogP contribution in [-0.4, -0.2) is 20.4 Å². The van der Waals surface area contributed by atoms with E-state index in [0.717, 1.165) is 0 Å². The molecule has 7 heteroatoms. The number of carbonyl (C=O) groups excluding carboxylic acids is 1. The summed E-state index contributed by atoms with van der Waals surface area (Å²) < 4.78 is 22.5. The van der Waals surface area contributed by atoms with Crippen molar-refractivity contribution in [1.29, 1.82) is 0 Å². The Bertz CT molecular complexity index is 585. The number of benzene rings is 1. The minimum absolute atomic E-state index is 0.0557. The van der Waals surface area contributed by atoms with E-state index in [1.165, 1.54) is 18.2 Å². The van der Waals surface area contributed by atoms with E-state index < -0.39 is 15.0 Å². The summed E-state index contributed by atoms with van der Waals surface area (Å²) in [6.07, 6.45) is 0. The molecule has 0 aliphatic rings. The number of hydrogen-bond donors (Lipinski definition) is 1. The van der Waals surface area contributed by atoms with Crippen LogP contribution in [0.5, 0.6) is 0 Å². The number of rotatable bonds is 4. The third-order valence-electron chi connectivity index (χ3n) is 2.82. The summed E-state index contributed by atoms with van der Waals surface area (Å²) in [4.78, 5) is 11.9. The van der Waals surface area contributed by atoms with Crippen molar-refractivity contribution in [2.75, 3.05) is 0 Å². The first kappa shape index (κ1) is 16.3. The Morgan fingerprint density at radius 1 is 1.26 bits per heavy atom. The van der Waals surface area contributed by atoms with E-state index in [1.54, 1.807) is 0 Å². The first-order valence-corrected chi connectivity index (χ1v) is 8.36. The molecule has 1 rings (SSSR count). The van der Waals surface area contributed by atoms with Crippen LogP contribution >= 0.6 is 22.3 Å². The lowest BCUT2D eigenvalue weighted by atomic mass is 10.1. The summed E-state index contributed by atoms with van der Waals surface area (Å²) in [5.41, 5.74) is 0.0934. The van der Waals surface area contributed by atoms with Gasteiger partial charge in [0.25, 0.3) is 15.0 Å². The molecular weight excluding hydrogens is 309 g/mol. The fraction of sp³-hybridized carbons (Fsp3) is 0.417. The Hall–Kier alpha value is -0.780. The van der Waals surface area contributed by atoms with Crippen LogP contribution in [0.25, 0.3) is 0 Å². The maximum atomic E-state index is 12.0. The molecule has 4 nitrogen and oxygen atoms in total. The molecule has 0 saturated heterocycles.